The Morgan fingerprint density at radius 2 is 1.89 bits per heavy atom. The van der Waals surface area contributed by atoms with E-state index in [2.05, 4.69) is 11.7 Å². The van der Waals surface area contributed by atoms with Gasteiger partial charge in [0.25, 0.3) is 5.91 Å². The van der Waals surface area contributed by atoms with Crippen LogP contribution in [0.15, 0.2) is 71.9 Å². The zero-order valence-corrected chi connectivity index (χ0v) is 15.5. The molecule has 0 fully saturated rings. The van der Waals surface area contributed by atoms with Gasteiger partial charge in [-0.1, -0.05) is 36.9 Å². The average molecular weight is 362 g/mol. The molecule has 1 amide bonds. The minimum absolute atomic E-state index is 0.149. The number of hydrogen-bond acceptors (Lipinski definition) is 4. The highest BCUT2D eigenvalue weighted by molar-refractivity contribution is 6.32. The summed E-state index contributed by atoms with van der Waals surface area (Å²) in [6.45, 7) is 8.32. The quantitative estimate of drug-likeness (QED) is 0.540. The molecule has 0 saturated carbocycles. The van der Waals surface area contributed by atoms with Crippen molar-refractivity contribution in [1.82, 2.24) is 0 Å². The van der Waals surface area contributed by atoms with E-state index in [9.17, 15) is 4.79 Å². The number of rotatable bonds is 7. The summed E-state index contributed by atoms with van der Waals surface area (Å²) >= 11 is 0. The van der Waals surface area contributed by atoms with E-state index in [0.717, 1.165) is 11.3 Å². The van der Waals surface area contributed by atoms with E-state index in [1.54, 1.807) is 6.08 Å². The third-order valence-electron chi connectivity index (χ3n) is 4.00. The highest BCUT2D eigenvalue weighted by atomic mass is 16.5. The fraction of sp³-hybridized carbons (Fsp3) is 0.182. The number of anilines is 1. The number of carbonyl (C=O) groups is 1. The van der Waals surface area contributed by atoms with E-state index in [1.807, 2.05) is 68.5 Å². The third kappa shape index (κ3) is 4.08. The number of benzene rings is 2. The van der Waals surface area contributed by atoms with Crippen LogP contribution in [0.1, 0.15) is 19.4 Å². The van der Waals surface area contributed by atoms with E-state index in [4.69, 9.17) is 9.47 Å². The lowest BCUT2D eigenvalue weighted by molar-refractivity contribution is -0.114. The second kappa shape index (κ2) is 8.36. The smallest absolute Gasteiger partial charge is 0.280 e. The maximum atomic E-state index is 12.8. The minimum atomic E-state index is -0.149. The summed E-state index contributed by atoms with van der Waals surface area (Å²) in [5.41, 5.74) is 2.82. The van der Waals surface area contributed by atoms with Crippen molar-refractivity contribution >= 4 is 23.4 Å². The first-order chi connectivity index (χ1) is 13.1. The molecule has 5 nitrogen and oxygen atoms in total. The highest BCUT2D eigenvalue weighted by Crippen LogP contribution is 2.31. The van der Waals surface area contributed by atoms with E-state index in [0.29, 0.717) is 36.0 Å². The summed E-state index contributed by atoms with van der Waals surface area (Å²) in [7, 11) is 0. The van der Waals surface area contributed by atoms with Crippen LogP contribution in [-0.4, -0.2) is 24.8 Å². The van der Waals surface area contributed by atoms with Gasteiger partial charge >= 0.3 is 0 Å². The molecule has 1 aliphatic rings. The number of para-hydroxylation sites is 1. The van der Waals surface area contributed by atoms with Gasteiger partial charge in [0.1, 0.15) is 6.61 Å². The van der Waals surface area contributed by atoms with Gasteiger partial charge in [-0.25, -0.2) is 0 Å². The Labute approximate surface area is 159 Å². The van der Waals surface area contributed by atoms with Gasteiger partial charge in [-0.15, -0.1) is 0 Å². The number of ether oxygens (including phenoxy) is 2. The molecule has 1 aliphatic heterocycles. The van der Waals surface area contributed by atoms with Crippen LogP contribution in [-0.2, 0) is 4.79 Å². The lowest BCUT2D eigenvalue weighted by atomic mass is 10.1. The molecule has 3 rings (SSSR count). The van der Waals surface area contributed by atoms with E-state index >= 15 is 0 Å². The molecule has 0 atom stereocenters. The van der Waals surface area contributed by atoms with Crippen molar-refractivity contribution in [2.75, 3.05) is 18.2 Å². The standard InChI is InChI=1S/C22H22N2O3/c1-4-13-27-20-12-11-17(15-21(20)26-5-2)14-19-16(3)23-24(22(19)25)18-9-7-6-8-10-18/h4,6-12,14-15H,1,5,13H2,2-3H3. The highest BCUT2D eigenvalue weighted by Gasteiger charge is 2.28. The third-order valence-corrected chi connectivity index (χ3v) is 4.00. The van der Waals surface area contributed by atoms with Gasteiger partial charge in [0, 0.05) is 0 Å². The molecular formula is C22H22N2O3. The Morgan fingerprint density at radius 3 is 2.59 bits per heavy atom. The van der Waals surface area contributed by atoms with Crippen molar-refractivity contribution < 1.29 is 14.3 Å². The van der Waals surface area contributed by atoms with Crippen molar-refractivity contribution in [3.63, 3.8) is 0 Å². The summed E-state index contributed by atoms with van der Waals surface area (Å²) in [4.78, 5) is 12.8. The predicted octanol–water partition coefficient (Wildman–Crippen LogP) is 4.46. The normalized spacial score (nSPS) is 15.0. The van der Waals surface area contributed by atoms with Crippen molar-refractivity contribution in [1.29, 1.82) is 0 Å². The van der Waals surface area contributed by atoms with Crippen LogP contribution in [0.4, 0.5) is 5.69 Å². The van der Waals surface area contributed by atoms with Crippen molar-refractivity contribution in [2.45, 2.75) is 13.8 Å². The molecular weight excluding hydrogens is 340 g/mol. The fourth-order valence-electron chi connectivity index (χ4n) is 2.75. The number of carbonyl (C=O) groups excluding carboxylic acids is 1. The van der Waals surface area contributed by atoms with Crippen LogP contribution >= 0.6 is 0 Å². The number of hydrogen-bond donors (Lipinski definition) is 0. The average Bonchev–Trinajstić information content (AvgIpc) is 2.96. The van der Waals surface area contributed by atoms with Gasteiger partial charge in [0.15, 0.2) is 11.5 Å². The Morgan fingerprint density at radius 1 is 1.11 bits per heavy atom. The van der Waals surface area contributed by atoms with Crippen molar-refractivity contribution in [3.05, 3.63) is 72.3 Å². The Kier molecular flexibility index (Phi) is 5.71. The van der Waals surface area contributed by atoms with Crippen molar-refractivity contribution in [2.24, 2.45) is 5.10 Å². The van der Waals surface area contributed by atoms with Crippen molar-refractivity contribution in [3.8, 4) is 11.5 Å². The number of nitrogens with zero attached hydrogens (tertiary/aromatic N) is 2. The summed E-state index contributed by atoms with van der Waals surface area (Å²) in [5, 5.41) is 5.82. The molecule has 1 heterocycles. The van der Waals surface area contributed by atoms with Crippen LogP contribution in [0.3, 0.4) is 0 Å². The fourth-order valence-corrected chi connectivity index (χ4v) is 2.75. The van der Waals surface area contributed by atoms with Crippen LogP contribution in [0.25, 0.3) is 6.08 Å². The van der Waals surface area contributed by atoms with Crippen LogP contribution in [0, 0.1) is 0 Å². The molecule has 138 valence electrons. The minimum Gasteiger partial charge on any atom is -0.490 e. The van der Waals surface area contributed by atoms with Crippen LogP contribution in [0.5, 0.6) is 11.5 Å². The van der Waals surface area contributed by atoms with E-state index < -0.39 is 0 Å². The number of amides is 1. The monoisotopic (exact) mass is 362 g/mol. The van der Waals surface area contributed by atoms with E-state index in [1.165, 1.54) is 5.01 Å². The summed E-state index contributed by atoms with van der Waals surface area (Å²) in [6.07, 6.45) is 3.50. The first-order valence-corrected chi connectivity index (χ1v) is 8.81. The van der Waals surface area contributed by atoms with E-state index in [-0.39, 0.29) is 5.91 Å². The van der Waals surface area contributed by atoms with Gasteiger partial charge < -0.3 is 9.47 Å². The molecule has 0 N–H and O–H groups in total. The zero-order chi connectivity index (χ0) is 19.2. The lowest BCUT2D eigenvalue weighted by Crippen LogP contribution is -2.21. The Hall–Kier alpha value is -3.34. The van der Waals surface area contributed by atoms with Gasteiger partial charge in [-0.05, 0) is 49.8 Å². The summed E-state index contributed by atoms with van der Waals surface area (Å²) in [5.74, 6) is 1.13. The molecule has 0 aliphatic carbocycles. The molecule has 27 heavy (non-hydrogen) atoms. The second-order valence-electron chi connectivity index (χ2n) is 5.93. The maximum absolute atomic E-state index is 12.8. The first-order valence-electron chi connectivity index (χ1n) is 8.81. The van der Waals surface area contributed by atoms with Crippen LogP contribution in [0.2, 0.25) is 0 Å². The van der Waals surface area contributed by atoms with Gasteiger partial charge in [0.05, 0.1) is 23.6 Å². The number of hydrazone groups is 1. The SMILES string of the molecule is C=CCOc1ccc(C=C2C(=O)N(c3ccccc3)N=C2C)cc1OCC. The molecule has 0 radical (unpaired) electrons. The topological polar surface area (TPSA) is 51.1 Å². The molecule has 0 bridgehead atoms. The Bertz CT molecular complexity index is 901. The van der Waals surface area contributed by atoms with Gasteiger partial charge in [-0.2, -0.15) is 10.1 Å². The maximum Gasteiger partial charge on any atom is 0.280 e. The second-order valence-corrected chi connectivity index (χ2v) is 5.93. The first kappa shape index (κ1) is 18.5. The molecule has 0 saturated heterocycles. The predicted molar refractivity (Wildman–Crippen MR) is 108 cm³/mol. The lowest BCUT2D eigenvalue weighted by Gasteiger charge is -2.12. The van der Waals surface area contributed by atoms with Gasteiger partial charge in [0.2, 0.25) is 0 Å². The molecule has 0 unspecified atom stereocenters. The summed E-state index contributed by atoms with van der Waals surface area (Å²) in [6, 6.07) is 15.0. The zero-order valence-electron chi connectivity index (χ0n) is 15.5. The largest absolute Gasteiger partial charge is 0.490 e. The molecule has 0 spiro atoms. The summed E-state index contributed by atoms with van der Waals surface area (Å²) < 4.78 is 11.3. The molecule has 2 aromatic rings. The van der Waals surface area contributed by atoms with Crippen LogP contribution < -0.4 is 14.5 Å². The van der Waals surface area contributed by atoms with Gasteiger partial charge in [-0.3, -0.25) is 4.79 Å². The molecule has 0 aromatic heterocycles. The molecule has 2 aromatic carbocycles. The molecule has 5 heteroatoms. The Balaban J connectivity index is 1.90.